The van der Waals surface area contributed by atoms with Crippen LogP contribution in [0.2, 0.25) is 0 Å². The summed E-state index contributed by atoms with van der Waals surface area (Å²) in [5.41, 5.74) is 2.09. The Morgan fingerprint density at radius 3 is 2.53 bits per heavy atom. The zero-order valence-corrected chi connectivity index (χ0v) is 23.0. The lowest BCUT2D eigenvalue weighted by Gasteiger charge is -2.27. The number of ether oxygens (including phenoxy) is 3. The fourth-order valence-corrected chi connectivity index (χ4v) is 5.51. The molecular weight excluding hydrogens is 504 g/mol. The molecule has 0 fully saturated rings. The SMILES string of the molecule is COCCCN1C(=O)C(O)=C(C(=O)c2sc(-c3ccccc3)nc2C)C1c1ccc(OC(C)C)c(OC)c1. The summed E-state index contributed by atoms with van der Waals surface area (Å²) in [4.78, 5) is 33.7. The van der Waals surface area contributed by atoms with Gasteiger partial charge in [-0.25, -0.2) is 4.98 Å². The number of benzene rings is 2. The Hall–Kier alpha value is -3.69. The third-order valence-electron chi connectivity index (χ3n) is 6.19. The van der Waals surface area contributed by atoms with E-state index in [1.807, 2.05) is 44.2 Å². The fraction of sp³-hybridized carbons (Fsp3) is 0.345. The Labute approximate surface area is 226 Å². The van der Waals surface area contributed by atoms with Crippen molar-refractivity contribution in [1.29, 1.82) is 0 Å². The first-order valence-corrected chi connectivity index (χ1v) is 13.2. The molecule has 2 aromatic carbocycles. The molecule has 1 N–H and O–H groups in total. The van der Waals surface area contributed by atoms with Crippen molar-refractivity contribution in [3.8, 4) is 22.1 Å². The minimum absolute atomic E-state index is 0.0263. The predicted molar refractivity (Wildman–Crippen MR) is 146 cm³/mol. The summed E-state index contributed by atoms with van der Waals surface area (Å²) in [5, 5.41) is 11.7. The average molecular weight is 537 g/mol. The minimum Gasteiger partial charge on any atom is -0.503 e. The van der Waals surface area contributed by atoms with Crippen molar-refractivity contribution < 1.29 is 28.9 Å². The molecule has 0 saturated heterocycles. The second kappa shape index (κ2) is 11.8. The van der Waals surface area contributed by atoms with E-state index in [0.29, 0.717) is 52.2 Å². The maximum Gasteiger partial charge on any atom is 0.290 e. The first-order chi connectivity index (χ1) is 18.3. The van der Waals surface area contributed by atoms with Gasteiger partial charge in [-0.15, -0.1) is 11.3 Å². The summed E-state index contributed by atoms with van der Waals surface area (Å²) in [6.45, 7) is 6.32. The smallest absolute Gasteiger partial charge is 0.290 e. The zero-order valence-electron chi connectivity index (χ0n) is 22.2. The highest BCUT2D eigenvalue weighted by Gasteiger charge is 2.44. The van der Waals surface area contributed by atoms with Crippen LogP contribution < -0.4 is 9.47 Å². The van der Waals surface area contributed by atoms with E-state index >= 15 is 0 Å². The molecule has 3 aromatic rings. The first-order valence-electron chi connectivity index (χ1n) is 12.4. The standard InChI is InChI=1S/C29H32N2O6S/c1-17(2)37-21-13-12-20(16-22(21)36-5)24-23(26(33)29(34)31(24)14-9-15-35-4)25(32)27-18(3)30-28(38-27)19-10-7-6-8-11-19/h6-8,10-13,16-17,24,33H,9,14-15H2,1-5H3. The van der Waals surface area contributed by atoms with E-state index in [4.69, 9.17) is 14.2 Å². The minimum atomic E-state index is -0.810. The Morgan fingerprint density at radius 2 is 1.87 bits per heavy atom. The van der Waals surface area contributed by atoms with Crippen LogP contribution in [-0.4, -0.2) is 60.2 Å². The van der Waals surface area contributed by atoms with E-state index < -0.39 is 23.5 Å². The molecule has 1 amide bonds. The molecule has 38 heavy (non-hydrogen) atoms. The number of rotatable bonds is 11. The highest BCUT2D eigenvalue weighted by molar-refractivity contribution is 7.17. The lowest BCUT2D eigenvalue weighted by Crippen LogP contribution is -2.32. The van der Waals surface area contributed by atoms with Crippen LogP contribution in [0.4, 0.5) is 0 Å². The maximum absolute atomic E-state index is 14.0. The van der Waals surface area contributed by atoms with Crippen molar-refractivity contribution in [3.05, 3.63) is 76.0 Å². The number of amides is 1. The van der Waals surface area contributed by atoms with Crippen LogP contribution in [0.15, 0.2) is 59.9 Å². The van der Waals surface area contributed by atoms with Gasteiger partial charge in [-0.1, -0.05) is 36.4 Å². The Morgan fingerprint density at radius 1 is 1.13 bits per heavy atom. The van der Waals surface area contributed by atoms with Crippen molar-refractivity contribution in [2.75, 3.05) is 27.4 Å². The quantitative estimate of drug-likeness (QED) is 0.254. The van der Waals surface area contributed by atoms with E-state index in [2.05, 4.69) is 4.98 Å². The normalized spacial score (nSPS) is 15.5. The number of carbonyl (C=O) groups is 2. The van der Waals surface area contributed by atoms with Crippen LogP contribution in [-0.2, 0) is 9.53 Å². The van der Waals surface area contributed by atoms with Crippen molar-refractivity contribution in [2.45, 2.75) is 39.3 Å². The van der Waals surface area contributed by atoms with E-state index in [-0.39, 0.29) is 11.7 Å². The molecule has 1 aliphatic rings. The van der Waals surface area contributed by atoms with Gasteiger partial charge in [-0.05, 0) is 44.9 Å². The molecule has 1 aromatic heterocycles. The number of hydrogen-bond acceptors (Lipinski definition) is 8. The van der Waals surface area contributed by atoms with Crippen LogP contribution in [0.25, 0.3) is 10.6 Å². The van der Waals surface area contributed by atoms with Gasteiger partial charge in [0.2, 0.25) is 5.78 Å². The van der Waals surface area contributed by atoms with Gasteiger partial charge in [0.25, 0.3) is 5.91 Å². The second-order valence-electron chi connectivity index (χ2n) is 9.22. The van der Waals surface area contributed by atoms with Crippen molar-refractivity contribution in [1.82, 2.24) is 9.88 Å². The van der Waals surface area contributed by atoms with Gasteiger partial charge in [0.1, 0.15) is 5.01 Å². The lowest BCUT2D eigenvalue weighted by atomic mass is 9.94. The maximum atomic E-state index is 14.0. The predicted octanol–water partition coefficient (Wildman–Crippen LogP) is 5.53. The zero-order chi connectivity index (χ0) is 27.4. The molecule has 8 nitrogen and oxygen atoms in total. The van der Waals surface area contributed by atoms with E-state index in [9.17, 15) is 14.7 Å². The molecular formula is C29H32N2O6S. The average Bonchev–Trinajstić information content (AvgIpc) is 3.42. The Bertz CT molecular complexity index is 1350. The number of thiazole rings is 1. The van der Waals surface area contributed by atoms with Gasteiger partial charge in [0, 0.05) is 25.8 Å². The molecule has 1 unspecified atom stereocenters. The number of aryl methyl sites for hydroxylation is 1. The molecule has 4 rings (SSSR count). The molecule has 0 radical (unpaired) electrons. The second-order valence-corrected chi connectivity index (χ2v) is 10.2. The molecule has 2 heterocycles. The molecule has 0 aliphatic carbocycles. The molecule has 1 aliphatic heterocycles. The Balaban J connectivity index is 1.78. The topological polar surface area (TPSA) is 98.2 Å². The van der Waals surface area contributed by atoms with Crippen LogP contribution in [0.1, 0.15) is 47.2 Å². The summed E-state index contributed by atoms with van der Waals surface area (Å²) in [7, 11) is 3.12. The molecule has 0 saturated carbocycles. The van der Waals surface area contributed by atoms with Gasteiger partial charge in [0.15, 0.2) is 17.3 Å². The number of aromatic nitrogens is 1. The van der Waals surface area contributed by atoms with Gasteiger partial charge in [-0.3, -0.25) is 9.59 Å². The monoisotopic (exact) mass is 536 g/mol. The summed E-state index contributed by atoms with van der Waals surface area (Å²) >= 11 is 1.25. The number of aliphatic hydroxyl groups excluding tert-OH is 1. The van der Waals surface area contributed by atoms with Gasteiger partial charge >= 0.3 is 0 Å². The van der Waals surface area contributed by atoms with Gasteiger partial charge in [0.05, 0.1) is 35.4 Å². The fourth-order valence-electron chi connectivity index (χ4n) is 4.48. The van der Waals surface area contributed by atoms with Crippen LogP contribution in [0.3, 0.4) is 0 Å². The molecule has 0 spiro atoms. The number of methoxy groups -OCH3 is 2. The number of ketones is 1. The largest absolute Gasteiger partial charge is 0.503 e. The number of aliphatic hydroxyl groups is 1. The van der Waals surface area contributed by atoms with E-state index in [1.54, 1.807) is 32.2 Å². The third kappa shape index (κ3) is 5.44. The Kier molecular flexibility index (Phi) is 8.48. The molecule has 200 valence electrons. The van der Waals surface area contributed by atoms with Crippen LogP contribution in [0.5, 0.6) is 11.5 Å². The molecule has 9 heteroatoms. The van der Waals surface area contributed by atoms with E-state index in [1.165, 1.54) is 23.3 Å². The van der Waals surface area contributed by atoms with Crippen LogP contribution >= 0.6 is 11.3 Å². The molecule has 0 bridgehead atoms. The highest BCUT2D eigenvalue weighted by atomic mass is 32.1. The van der Waals surface area contributed by atoms with Crippen molar-refractivity contribution in [3.63, 3.8) is 0 Å². The van der Waals surface area contributed by atoms with Crippen molar-refractivity contribution >= 4 is 23.0 Å². The number of Topliss-reactive ketones (excluding diaryl/α,β-unsaturated/α-hetero) is 1. The summed E-state index contributed by atoms with van der Waals surface area (Å²) < 4.78 is 16.6. The third-order valence-corrected chi connectivity index (χ3v) is 7.39. The van der Waals surface area contributed by atoms with Crippen molar-refractivity contribution in [2.24, 2.45) is 0 Å². The number of hydrogen-bond donors (Lipinski definition) is 1. The first kappa shape index (κ1) is 27.3. The summed E-state index contributed by atoms with van der Waals surface area (Å²) in [5.74, 6) is -0.546. The number of nitrogens with zero attached hydrogens (tertiary/aromatic N) is 2. The highest BCUT2D eigenvalue weighted by Crippen LogP contribution is 2.43. The summed E-state index contributed by atoms with van der Waals surface area (Å²) in [6.07, 6.45) is 0.472. The van der Waals surface area contributed by atoms with E-state index in [0.717, 1.165) is 5.56 Å². The van der Waals surface area contributed by atoms with Gasteiger partial charge in [-0.2, -0.15) is 0 Å². The van der Waals surface area contributed by atoms with Gasteiger partial charge < -0.3 is 24.2 Å². The van der Waals surface area contributed by atoms with Crippen LogP contribution in [0, 0.1) is 6.92 Å². The summed E-state index contributed by atoms with van der Waals surface area (Å²) in [6, 6.07) is 14.1. The number of carbonyl (C=O) groups excluding carboxylic acids is 2. The molecule has 1 atom stereocenters. The lowest BCUT2D eigenvalue weighted by molar-refractivity contribution is -0.129.